The second kappa shape index (κ2) is 7.30. The smallest absolute Gasteiger partial charge is 0.312 e. The molecule has 2 atom stereocenters. The molecule has 0 saturated heterocycles. The van der Waals surface area contributed by atoms with E-state index in [4.69, 9.17) is 4.74 Å². The van der Waals surface area contributed by atoms with E-state index >= 15 is 0 Å². The van der Waals surface area contributed by atoms with Gasteiger partial charge in [-0.1, -0.05) is 57.4 Å². The third kappa shape index (κ3) is 3.21. The second-order valence-electron chi connectivity index (χ2n) is 9.68. The first-order valence-corrected chi connectivity index (χ1v) is 11.4. The van der Waals surface area contributed by atoms with Crippen LogP contribution in [0.4, 0.5) is 0 Å². The van der Waals surface area contributed by atoms with Gasteiger partial charge in [0.2, 0.25) is 0 Å². The van der Waals surface area contributed by atoms with Crippen molar-refractivity contribution in [3.63, 3.8) is 0 Å². The van der Waals surface area contributed by atoms with Crippen LogP contribution in [0.25, 0.3) is 11.3 Å². The van der Waals surface area contributed by atoms with Gasteiger partial charge in [0.25, 0.3) is 0 Å². The van der Waals surface area contributed by atoms with E-state index in [1.807, 2.05) is 12.5 Å². The number of hydrogen-bond acceptors (Lipinski definition) is 3. The first kappa shape index (κ1) is 18.9. The molecule has 0 N–H and O–H groups in total. The van der Waals surface area contributed by atoms with E-state index in [2.05, 4.69) is 47.7 Å². The fourth-order valence-corrected chi connectivity index (χ4v) is 5.64. The van der Waals surface area contributed by atoms with E-state index in [0.717, 1.165) is 19.3 Å². The molecule has 5 rings (SSSR count). The van der Waals surface area contributed by atoms with Crippen molar-refractivity contribution >= 4 is 5.97 Å². The predicted molar refractivity (Wildman–Crippen MR) is 113 cm³/mol. The Morgan fingerprint density at radius 2 is 1.97 bits per heavy atom. The summed E-state index contributed by atoms with van der Waals surface area (Å²) < 4.78 is 8.66. The van der Waals surface area contributed by atoms with Gasteiger partial charge in [0.05, 0.1) is 29.7 Å². The Hall–Kier alpha value is -2.10. The summed E-state index contributed by atoms with van der Waals surface area (Å²) in [6.45, 7) is 4.32. The Bertz CT molecular complexity index is 890. The van der Waals surface area contributed by atoms with E-state index in [9.17, 15) is 4.79 Å². The van der Waals surface area contributed by atoms with Gasteiger partial charge in [0, 0.05) is 12.0 Å². The molecule has 1 aliphatic heterocycles. The van der Waals surface area contributed by atoms with Crippen LogP contribution in [0.2, 0.25) is 0 Å². The van der Waals surface area contributed by atoms with Crippen molar-refractivity contribution in [2.45, 2.75) is 77.4 Å². The lowest BCUT2D eigenvalue weighted by Gasteiger charge is -2.33. The molecular weight excluding hydrogens is 360 g/mol. The van der Waals surface area contributed by atoms with Crippen LogP contribution in [-0.2, 0) is 9.53 Å². The molecule has 4 heteroatoms. The Balaban J connectivity index is 1.42. The van der Waals surface area contributed by atoms with Crippen molar-refractivity contribution in [1.29, 1.82) is 0 Å². The average Bonchev–Trinajstić information content (AvgIpc) is 3.34. The van der Waals surface area contributed by atoms with Gasteiger partial charge >= 0.3 is 5.97 Å². The topological polar surface area (TPSA) is 44.1 Å². The van der Waals surface area contributed by atoms with Gasteiger partial charge < -0.3 is 9.30 Å². The molecule has 0 spiro atoms. The highest BCUT2D eigenvalue weighted by Gasteiger charge is 2.54. The lowest BCUT2D eigenvalue weighted by Crippen LogP contribution is -2.35. The lowest BCUT2D eigenvalue weighted by molar-refractivity contribution is -0.162. The van der Waals surface area contributed by atoms with Crippen LogP contribution in [0.5, 0.6) is 0 Å². The molecule has 2 aliphatic carbocycles. The molecule has 2 unspecified atom stereocenters. The number of imidazole rings is 1. The molecule has 4 nitrogen and oxygen atoms in total. The lowest BCUT2D eigenvalue weighted by atomic mass is 9.82. The number of benzene rings is 1. The van der Waals surface area contributed by atoms with Crippen LogP contribution < -0.4 is 0 Å². The zero-order valence-corrected chi connectivity index (χ0v) is 17.6. The molecule has 154 valence electrons. The molecule has 2 aromatic rings. The fraction of sp³-hybridized carbons (Fsp3) is 0.600. The van der Waals surface area contributed by atoms with E-state index in [0.29, 0.717) is 11.8 Å². The third-order valence-corrected chi connectivity index (χ3v) is 7.79. The number of rotatable bonds is 6. The van der Waals surface area contributed by atoms with Crippen LogP contribution in [0.15, 0.2) is 36.8 Å². The van der Waals surface area contributed by atoms with Crippen molar-refractivity contribution in [3.05, 3.63) is 42.4 Å². The highest BCUT2D eigenvalue weighted by atomic mass is 16.5. The van der Waals surface area contributed by atoms with Crippen LogP contribution >= 0.6 is 0 Å². The Labute approximate surface area is 173 Å². The first-order chi connectivity index (χ1) is 14.1. The van der Waals surface area contributed by atoms with Crippen molar-refractivity contribution in [2.24, 2.45) is 17.3 Å². The van der Waals surface area contributed by atoms with Crippen molar-refractivity contribution in [3.8, 4) is 11.3 Å². The molecule has 0 bridgehead atoms. The summed E-state index contributed by atoms with van der Waals surface area (Å²) >= 11 is 0. The molecule has 2 saturated carbocycles. The number of carbonyl (C=O) groups excluding carboxylic acids is 1. The van der Waals surface area contributed by atoms with Gasteiger partial charge in [-0.25, -0.2) is 4.98 Å². The van der Waals surface area contributed by atoms with E-state index in [1.54, 1.807) is 0 Å². The monoisotopic (exact) mass is 392 g/mol. The van der Waals surface area contributed by atoms with Crippen molar-refractivity contribution < 1.29 is 9.53 Å². The maximum atomic E-state index is 13.2. The molecular formula is C25H32N2O2. The van der Waals surface area contributed by atoms with Gasteiger partial charge in [-0.2, -0.15) is 0 Å². The van der Waals surface area contributed by atoms with E-state index < -0.39 is 0 Å². The number of fused-ring (bicyclic) bond motifs is 3. The maximum Gasteiger partial charge on any atom is 0.312 e. The molecule has 0 radical (unpaired) electrons. The Morgan fingerprint density at radius 1 is 1.21 bits per heavy atom. The first-order valence-electron chi connectivity index (χ1n) is 11.4. The SMILES string of the molecule is CC(C)C1(C(=O)OC(CC2c3ccccc3-c3cncn32)C2CCCCC2)CC1. The second-order valence-corrected chi connectivity index (χ2v) is 9.68. The van der Waals surface area contributed by atoms with E-state index in [-0.39, 0.29) is 23.5 Å². The van der Waals surface area contributed by atoms with Crippen LogP contribution in [0, 0.1) is 17.3 Å². The largest absolute Gasteiger partial charge is 0.462 e. The summed E-state index contributed by atoms with van der Waals surface area (Å²) in [4.78, 5) is 17.6. The number of aromatic nitrogens is 2. The summed E-state index contributed by atoms with van der Waals surface area (Å²) in [6.07, 6.45) is 12.9. The van der Waals surface area contributed by atoms with Crippen molar-refractivity contribution in [2.75, 3.05) is 0 Å². The Kier molecular flexibility index (Phi) is 4.76. The zero-order valence-electron chi connectivity index (χ0n) is 17.6. The highest BCUT2D eigenvalue weighted by molar-refractivity contribution is 5.80. The minimum atomic E-state index is -0.222. The number of nitrogens with zero attached hydrogens (tertiary/aromatic N) is 2. The molecule has 1 aromatic carbocycles. The fourth-order valence-electron chi connectivity index (χ4n) is 5.64. The van der Waals surface area contributed by atoms with Gasteiger partial charge in [0.15, 0.2) is 0 Å². The van der Waals surface area contributed by atoms with Gasteiger partial charge in [0.1, 0.15) is 6.10 Å². The normalized spacial score (nSPS) is 23.5. The summed E-state index contributed by atoms with van der Waals surface area (Å²) in [7, 11) is 0. The minimum absolute atomic E-state index is 0.00886. The van der Waals surface area contributed by atoms with Gasteiger partial charge in [-0.05, 0) is 43.1 Å². The van der Waals surface area contributed by atoms with Crippen LogP contribution in [0.3, 0.4) is 0 Å². The minimum Gasteiger partial charge on any atom is -0.462 e. The number of carbonyl (C=O) groups is 1. The summed E-state index contributed by atoms with van der Waals surface area (Å²) in [5, 5.41) is 0. The molecule has 29 heavy (non-hydrogen) atoms. The summed E-state index contributed by atoms with van der Waals surface area (Å²) in [5.41, 5.74) is 3.57. The van der Waals surface area contributed by atoms with Crippen LogP contribution in [-0.4, -0.2) is 21.6 Å². The van der Waals surface area contributed by atoms with Gasteiger partial charge in [-0.3, -0.25) is 4.79 Å². The summed E-state index contributed by atoms with van der Waals surface area (Å²) in [5.74, 6) is 0.894. The number of ether oxygens (including phenoxy) is 1. The molecule has 2 fully saturated rings. The summed E-state index contributed by atoms with van der Waals surface area (Å²) in [6, 6.07) is 8.82. The van der Waals surface area contributed by atoms with Crippen molar-refractivity contribution in [1.82, 2.24) is 9.55 Å². The zero-order chi connectivity index (χ0) is 20.0. The predicted octanol–water partition coefficient (Wildman–Crippen LogP) is 5.77. The standard InChI is InChI=1S/C25H32N2O2/c1-17(2)25(12-13-25)24(28)29-23(18-8-4-3-5-9-18)14-21-19-10-6-7-11-20(19)22-15-26-16-27(21)22/h6-7,10-11,15-18,21,23H,3-5,8-9,12-14H2,1-2H3. The quantitative estimate of drug-likeness (QED) is 0.586. The molecule has 0 amide bonds. The average molecular weight is 393 g/mol. The number of esters is 1. The number of hydrogen-bond donors (Lipinski definition) is 0. The van der Waals surface area contributed by atoms with E-state index in [1.165, 1.54) is 48.9 Å². The van der Waals surface area contributed by atoms with Crippen LogP contribution in [0.1, 0.15) is 76.8 Å². The van der Waals surface area contributed by atoms with Gasteiger partial charge in [-0.15, -0.1) is 0 Å². The third-order valence-electron chi connectivity index (χ3n) is 7.79. The molecule has 1 aromatic heterocycles. The maximum absolute atomic E-state index is 13.2. The Morgan fingerprint density at radius 3 is 2.69 bits per heavy atom. The molecule has 2 heterocycles. The highest BCUT2D eigenvalue weighted by Crippen LogP contribution is 2.53. The molecule has 3 aliphatic rings.